The minimum absolute atomic E-state index is 0.175. The monoisotopic (exact) mass is 909 g/mol. The zero-order valence-corrected chi connectivity index (χ0v) is 39.5. The van der Waals surface area contributed by atoms with Crippen molar-refractivity contribution in [2.24, 2.45) is 0 Å². The Hall–Kier alpha value is -8.93. The molecule has 5 heteroatoms. The highest BCUT2D eigenvalue weighted by Gasteiger charge is 2.37. The van der Waals surface area contributed by atoms with Gasteiger partial charge in [0.05, 0.1) is 22.2 Å². The van der Waals surface area contributed by atoms with Gasteiger partial charge in [0.1, 0.15) is 0 Å². The summed E-state index contributed by atoms with van der Waals surface area (Å²) in [6.45, 7) is 4.64. The molecule has 2 aliphatic rings. The average molecular weight is 910 g/mol. The van der Waals surface area contributed by atoms with E-state index < -0.39 is 0 Å². The largest absolute Gasteiger partial charge is 0.309 e. The molecule has 3 aromatic heterocycles. The number of aromatic nitrogens is 5. The molecule has 0 aliphatic heterocycles. The summed E-state index contributed by atoms with van der Waals surface area (Å²) in [7, 11) is 0. The van der Waals surface area contributed by atoms with Crippen molar-refractivity contribution in [2.45, 2.75) is 32.1 Å². The van der Waals surface area contributed by atoms with E-state index in [1.54, 1.807) is 0 Å². The van der Waals surface area contributed by atoms with Crippen LogP contribution in [-0.2, 0) is 5.41 Å². The lowest BCUT2D eigenvalue weighted by Crippen LogP contribution is -2.30. The predicted octanol–water partition coefficient (Wildman–Crippen LogP) is 14.9. The van der Waals surface area contributed by atoms with Gasteiger partial charge >= 0.3 is 0 Å². The Morgan fingerprint density at radius 1 is 0.380 bits per heavy atom. The first-order valence-electron chi connectivity index (χ1n) is 24.7. The molecule has 71 heavy (non-hydrogen) atoms. The first-order valence-corrected chi connectivity index (χ1v) is 24.7. The summed E-state index contributed by atoms with van der Waals surface area (Å²) in [5, 5.41) is 6.18. The molecule has 0 bridgehead atoms. The Labute approximate surface area is 412 Å². The topological polar surface area (TPSA) is 48.5 Å². The Morgan fingerprint density at radius 2 is 0.915 bits per heavy atom. The first kappa shape index (κ1) is 41.1. The van der Waals surface area contributed by atoms with Crippen LogP contribution in [0.15, 0.2) is 212 Å². The lowest BCUT2D eigenvalue weighted by Gasteiger charge is -2.21. The van der Waals surface area contributed by atoms with E-state index in [1.807, 2.05) is 0 Å². The van der Waals surface area contributed by atoms with Crippen LogP contribution in [0.25, 0.3) is 124 Å². The Morgan fingerprint density at radius 3 is 1.72 bits per heavy atom. The van der Waals surface area contributed by atoms with Gasteiger partial charge in [0.2, 0.25) is 0 Å². The third-order valence-corrected chi connectivity index (χ3v) is 15.0. The molecule has 0 fully saturated rings. The van der Waals surface area contributed by atoms with Crippen molar-refractivity contribution in [3.05, 3.63) is 234 Å². The van der Waals surface area contributed by atoms with E-state index in [9.17, 15) is 0 Å². The number of benzene rings is 9. The van der Waals surface area contributed by atoms with Gasteiger partial charge in [0.15, 0.2) is 17.5 Å². The van der Waals surface area contributed by atoms with Crippen LogP contribution in [0, 0.1) is 0 Å². The van der Waals surface area contributed by atoms with Crippen molar-refractivity contribution < 1.29 is 0 Å². The van der Waals surface area contributed by atoms with E-state index in [1.165, 1.54) is 76.7 Å². The second-order valence-corrected chi connectivity index (χ2v) is 19.4. The minimum Gasteiger partial charge on any atom is -0.309 e. The molecule has 12 aromatic rings. The van der Waals surface area contributed by atoms with Gasteiger partial charge in [-0.05, 0) is 99.8 Å². The van der Waals surface area contributed by atoms with E-state index in [0.717, 1.165) is 52.0 Å². The maximum absolute atomic E-state index is 5.53. The fraction of sp³-hybridized carbons (Fsp3) is 0.0758. The SMILES string of the molecule is CC1(C)c2ccccc2-c2c(-c3nc(-c4ccc(-c5ccccc5)cc4)nc(-c4ccccc4-n4c5c(c6c(-c7cccc8c7c7ccccc7n8-c7ccccc7)cccc64)=CCCC=5)n3)cccc21. The maximum Gasteiger partial charge on any atom is 0.166 e. The average Bonchev–Trinajstić information content (AvgIpc) is 4.04. The van der Waals surface area contributed by atoms with Gasteiger partial charge in [-0.2, -0.15) is 0 Å². The summed E-state index contributed by atoms with van der Waals surface area (Å²) >= 11 is 0. The molecule has 0 saturated carbocycles. The molecule has 0 unspecified atom stereocenters. The number of rotatable bonds is 7. The molecule has 5 nitrogen and oxygen atoms in total. The molecule has 0 radical (unpaired) electrons. The molecule has 0 amide bonds. The Bertz CT molecular complexity index is 4240. The highest BCUT2D eigenvalue weighted by Crippen LogP contribution is 2.52. The van der Waals surface area contributed by atoms with Gasteiger partial charge in [-0.15, -0.1) is 0 Å². The number of hydrogen-bond donors (Lipinski definition) is 0. The van der Waals surface area contributed by atoms with Crippen molar-refractivity contribution in [3.8, 4) is 78.9 Å². The first-order chi connectivity index (χ1) is 35.0. The third-order valence-electron chi connectivity index (χ3n) is 15.0. The molecular formula is C66H47N5. The Kier molecular flexibility index (Phi) is 9.30. The fourth-order valence-corrected chi connectivity index (χ4v) is 11.8. The molecule has 3 heterocycles. The van der Waals surface area contributed by atoms with E-state index in [-0.39, 0.29) is 5.41 Å². The lowest BCUT2D eigenvalue weighted by molar-refractivity contribution is 0.660. The summed E-state index contributed by atoms with van der Waals surface area (Å²) in [6.07, 6.45) is 6.80. The van der Waals surface area contributed by atoms with Crippen LogP contribution < -0.4 is 10.6 Å². The normalized spacial score (nSPS) is 13.4. The summed E-state index contributed by atoms with van der Waals surface area (Å²) in [6, 6.07) is 76.4. The molecule has 0 saturated heterocycles. The van der Waals surface area contributed by atoms with Crippen LogP contribution in [0.3, 0.4) is 0 Å². The standard InChI is InChI=1S/C66H47N5/c1-66(2)53-31-13-9-24-48(53)60-52(30-17-32-54(60)66)65-68-63(44-40-38-43(39-41-44)42-20-5-3-6-21-42)67-64(69-65)51-27-12-16-35-57(51)71-56-34-15-11-26-50(56)62-47(29-19-37-59(62)71)46-28-18-36-58-61(46)49-25-10-14-33-55(49)70(58)45-22-7-4-8-23-45/h3-10,12-14,16-41H,11,15H2,1-2H3. The van der Waals surface area contributed by atoms with Crippen LogP contribution in [-0.4, -0.2) is 24.1 Å². The molecule has 0 spiro atoms. The number of fused-ring (bicyclic) bond motifs is 9. The highest BCUT2D eigenvalue weighted by molar-refractivity contribution is 6.18. The van der Waals surface area contributed by atoms with Gasteiger partial charge in [-0.3, -0.25) is 0 Å². The van der Waals surface area contributed by atoms with Crippen molar-refractivity contribution >= 4 is 44.9 Å². The zero-order chi connectivity index (χ0) is 47.2. The van der Waals surface area contributed by atoms with Crippen LogP contribution in [0.1, 0.15) is 37.8 Å². The van der Waals surface area contributed by atoms with Crippen LogP contribution in [0.2, 0.25) is 0 Å². The smallest absolute Gasteiger partial charge is 0.166 e. The zero-order valence-electron chi connectivity index (χ0n) is 39.5. The van der Waals surface area contributed by atoms with Crippen LogP contribution >= 0.6 is 0 Å². The molecule has 336 valence electrons. The van der Waals surface area contributed by atoms with Crippen molar-refractivity contribution in [1.82, 2.24) is 24.1 Å². The molecule has 2 aliphatic carbocycles. The number of para-hydroxylation sites is 3. The number of nitrogens with zero attached hydrogens (tertiary/aromatic N) is 5. The third kappa shape index (κ3) is 6.36. The van der Waals surface area contributed by atoms with Gasteiger partial charge < -0.3 is 9.13 Å². The molecule has 14 rings (SSSR count). The molecular weight excluding hydrogens is 863 g/mol. The molecule has 0 N–H and O–H groups in total. The van der Waals surface area contributed by atoms with Gasteiger partial charge in [0, 0.05) is 54.5 Å². The minimum atomic E-state index is -0.175. The lowest BCUT2D eigenvalue weighted by atomic mass is 9.82. The second-order valence-electron chi connectivity index (χ2n) is 19.4. The predicted molar refractivity (Wildman–Crippen MR) is 293 cm³/mol. The summed E-state index contributed by atoms with van der Waals surface area (Å²) < 4.78 is 4.87. The summed E-state index contributed by atoms with van der Waals surface area (Å²) in [5.74, 6) is 1.91. The maximum atomic E-state index is 5.53. The quantitative estimate of drug-likeness (QED) is 0.160. The van der Waals surface area contributed by atoms with E-state index in [4.69, 9.17) is 15.0 Å². The summed E-state index contributed by atoms with van der Waals surface area (Å²) in [5.41, 5.74) is 18.1. The van der Waals surface area contributed by atoms with Crippen molar-refractivity contribution in [1.29, 1.82) is 0 Å². The van der Waals surface area contributed by atoms with E-state index >= 15 is 0 Å². The fourth-order valence-electron chi connectivity index (χ4n) is 11.8. The molecule has 0 atom stereocenters. The van der Waals surface area contributed by atoms with Crippen LogP contribution in [0.4, 0.5) is 0 Å². The van der Waals surface area contributed by atoms with Crippen molar-refractivity contribution in [3.63, 3.8) is 0 Å². The van der Waals surface area contributed by atoms with Gasteiger partial charge in [-0.25, -0.2) is 15.0 Å². The molecule has 9 aromatic carbocycles. The number of hydrogen-bond acceptors (Lipinski definition) is 3. The summed E-state index contributed by atoms with van der Waals surface area (Å²) in [4.78, 5) is 16.3. The van der Waals surface area contributed by atoms with Gasteiger partial charge in [0.25, 0.3) is 0 Å². The van der Waals surface area contributed by atoms with Crippen LogP contribution in [0.5, 0.6) is 0 Å². The van der Waals surface area contributed by atoms with E-state index in [2.05, 4.69) is 247 Å². The van der Waals surface area contributed by atoms with Crippen molar-refractivity contribution in [2.75, 3.05) is 0 Å². The van der Waals surface area contributed by atoms with E-state index in [0.29, 0.717) is 17.5 Å². The second kappa shape index (κ2) is 16.1. The highest BCUT2D eigenvalue weighted by atomic mass is 15.1. The van der Waals surface area contributed by atoms with Gasteiger partial charge in [-0.1, -0.05) is 196 Å². The Balaban J connectivity index is 0.998.